The van der Waals surface area contributed by atoms with Crippen LogP contribution in [0.1, 0.15) is 290 Å². The zero-order valence-corrected chi connectivity index (χ0v) is 59.6. The monoisotopic (exact) mass is 1400 g/mol. The molecule has 564 valence electrons. The van der Waals surface area contributed by atoms with Crippen LogP contribution in [0.4, 0.5) is 0 Å². The molecule has 0 radical (unpaired) electrons. The molecule has 2 heterocycles. The second kappa shape index (κ2) is 53.5. The molecular weight excluding hydrogens is 1270 g/mol. The van der Waals surface area contributed by atoms with Crippen LogP contribution in [0.15, 0.2) is 12.2 Å². The van der Waals surface area contributed by atoms with Crippen LogP contribution in [0.5, 0.6) is 0 Å². The Labute approximate surface area is 573 Å². The van der Waals surface area contributed by atoms with E-state index in [2.05, 4.69) is 32.9 Å². The van der Waals surface area contributed by atoms with Crippen molar-refractivity contribution in [3.8, 4) is 0 Å². The first-order chi connectivity index (χ1) is 46.3. The molecule has 2 saturated heterocycles. The molecule has 3 rings (SSSR count). The molecule has 18 atom stereocenters. The van der Waals surface area contributed by atoms with E-state index in [0.717, 1.165) is 96.3 Å². The van der Waals surface area contributed by atoms with Crippen molar-refractivity contribution in [2.24, 2.45) is 0 Å². The van der Waals surface area contributed by atoms with Crippen molar-refractivity contribution in [3.05, 3.63) is 12.2 Å². The fourth-order valence-corrected chi connectivity index (χ4v) is 13.4. The van der Waals surface area contributed by atoms with Crippen molar-refractivity contribution in [1.29, 1.82) is 0 Å². The van der Waals surface area contributed by atoms with Crippen LogP contribution in [0, 0.1) is 0 Å². The van der Waals surface area contributed by atoms with Gasteiger partial charge >= 0.3 is 25.7 Å². The van der Waals surface area contributed by atoms with E-state index in [9.17, 15) is 74.9 Å². The zero-order chi connectivity index (χ0) is 70.4. The summed E-state index contributed by atoms with van der Waals surface area (Å²) in [6.07, 6.45) is 11.4. The number of unbranched alkanes of at least 4 members (excludes halogenated alkanes) is 35. The van der Waals surface area contributed by atoms with Gasteiger partial charge in [0.1, 0.15) is 98.7 Å². The lowest BCUT2D eigenvalue weighted by atomic mass is 9.84. The maximum absolute atomic E-state index is 14.3. The molecule has 0 bridgehead atoms. The lowest BCUT2D eigenvalue weighted by Gasteiger charge is -2.49. The zero-order valence-electron chi connectivity index (χ0n) is 58.7. The Morgan fingerprint density at radius 3 is 1.14 bits per heavy atom. The number of carbonyl (C=O) groups excluding carboxylic acids is 3. The normalized spacial score (nSPS) is 28.0. The number of phosphoric ester groups is 1. The molecule has 18 unspecified atom stereocenters. The molecule has 0 aromatic heterocycles. The van der Waals surface area contributed by atoms with Crippen molar-refractivity contribution < 1.29 is 117 Å². The number of esters is 3. The standard InChI is InChI=1S/C71H131O24P/c1-4-7-10-13-16-19-22-25-26-29-32-35-38-41-44-47-57(75)90-52(49-87-55(73)45-42-39-36-33-30-27-23-20-17-14-11-8-5-2)50-89-96(85,86)95-69-67(93-70-65(83)60(78)58(76)53(48-72)91-70)63(81)62(80)64(82)68(69)94-71-66(84)61(79)59(77)54(92-71)51-88-56(74)46-43-40-37-34-31-28-24-21-18-15-12-9-6-3/h28,31,52-54,58-72,76-84H,4-27,29-30,32-51H2,1-3H3,(H,85,86)/b31-28-. The van der Waals surface area contributed by atoms with Crippen LogP contribution in [-0.2, 0) is 61.2 Å². The molecular formula is C71H131O24P. The first-order valence-corrected chi connectivity index (χ1v) is 39.0. The Bertz CT molecular complexity index is 2040. The molecule has 1 saturated carbocycles. The predicted octanol–water partition coefficient (Wildman–Crippen LogP) is 9.96. The van der Waals surface area contributed by atoms with Crippen molar-refractivity contribution in [1.82, 2.24) is 0 Å². The Morgan fingerprint density at radius 1 is 0.396 bits per heavy atom. The maximum atomic E-state index is 14.3. The number of hydrogen-bond donors (Lipinski definition) is 11. The summed E-state index contributed by atoms with van der Waals surface area (Å²) < 4.78 is 65.0. The van der Waals surface area contributed by atoms with Crippen LogP contribution in [-0.4, -0.2) is 204 Å². The van der Waals surface area contributed by atoms with Gasteiger partial charge in [-0.3, -0.25) is 23.4 Å². The smallest absolute Gasteiger partial charge is 0.463 e. The fraction of sp³-hybridized carbons (Fsp3) is 0.930. The average Bonchev–Trinajstić information content (AvgIpc) is 0.764. The van der Waals surface area contributed by atoms with E-state index < -0.39 is 156 Å². The van der Waals surface area contributed by atoms with Crippen LogP contribution in [0.3, 0.4) is 0 Å². The number of carbonyl (C=O) groups is 3. The van der Waals surface area contributed by atoms with Gasteiger partial charge in [0, 0.05) is 19.3 Å². The van der Waals surface area contributed by atoms with Crippen LogP contribution >= 0.6 is 7.82 Å². The summed E-state index contributed by atoms with van der Waals surface area (Å²) in [5.41, 5.74) is 0. The summed E-state index contributed by atoms with van der Waals surface area (Å²) >= 11 is 0. The molecule has 24 nitrogen and oxygen atoms in total. The summed E-state index contributed by atoms with van der Waals surface area (Å²) in [5.74, 6) is -1.99. The van der Waals surface area contributed by atoms with Gasteiger partial charge in [0.2, 0.25) is 0 Å². The van der Waals surface area contributed by atoms with E-state index in [4.69, 9.17) is 42.2 Å². The maximum Gasteiger partial charge on any atom is 0.472 e. The molecule has 96 heavy (non-hydrogen) atoms. The topological polar surface area (TPSA) is 374 Å². The first kappa shape index (κ1) is 87.9. The number of ether oxygens (including phenoxy) is 7. The minimum atomic E-state index is -5.69. The van der Waals surface area contributed by atoms with Crippen molar-refractivity contribution in [2.75, 3.05) is 26.4 Å². The SMILES string of the molecule is CCCCCCCC/C=C\CCCCCC(=O)OCC1OC(OC2C(O)C(O)C(O)C(OC3OC(CO)C(O)C(O)C3O)C2OP(=O)(O)OCC(COC(=O)CCCCCCCCCCCCCCC)OC(=O)CCCCCCCCCCCCCCCCC)C(O)C(O)C1O. The van der Waals surface area contributed by atoms with E-state index in [1.165, 1.54) is 135 Å². The van der Waals surface area contributed by atoms with Gasteiger partial charge in [-0.15, -0.1) is 0 Å². The highest BCUT2D eigenvalue weighted by molar-refractivity contribution is 7.47. The average molecular weight is 1400 g/mol. The highest BCUT2D eigenvalue weighted by Gasteiger charge is 2.58. The van der Waals surface area contributed by atoms with Crippen LogP contribution in [0.25, 0.3) is 0 Å². The summed E-state index contributed by atoms with van der Waals surface area (Å²) in [6, 6.07) is 0. The minimum Gasteiger partial charge on any atom is -0.463 e. The number of allylic oxidation sites excluding steroid dienone is 2. The molecule has 0 aromatic rings. The molecule has 1 aliphatic carbocycles. The second-order valence-corrected chi connectivity index (χ2v) is 28.4. The summed E-state index contributed by atoms with van der Waals surface area (Å²) in [5, 5.41) is 110. The number of aliphatic hydroxyl groups is 10. The third kappa shape index (κ3) is 36.5. The van der Waals surface area contributed by atoms with E-state index in [1.54, 1.807) is 0 Å². The summed E-state index contributed by atoms with van der Waals surface area (Å²) in [6.45, 7) is 3.43. The van der Waals surface area contributed by atoms with E-state index in [0.29, 0.717) is 19.3 Å². The molecule has 11 N–H and O–H groups in total. The van der Waals surface area contributed by atoms with E-state index >= 15 is 0 Å². The lowest BCUT2D eigenvalue weighted by molar-refractivity contribution is -0.360. The highest BCUT2D eigenvalue weighted by Crippen LogP contribution is 2.49. The van der Waals surface area contributed by atoms with Gasteiger partial charge in [-0.25, -0.2) is 4.57 Å². The molecule has 2 aliphatic heterocycles. The van der Waals surface area contributed by atoms with Crippen molar-refractivity contribution >= 4 is 25.7 Å². The second-order valence-electron chi connectivity index (χ2n) is 27.0. The largest absolute Gasteiger partial charge is 0.472 e. The van der Waals surface area contributed by atoms with E-state index in [1.807, 2.05) is 0 Å². The quantitative estimate of drug-likeness (QED) is 0.00886. The third-order valence-electron chi connectivity index (χ3n) is 18.5. The Kier molecular flexibility index (Phi) is 49.0. The lowest BCUT2D eigenvalue weighted by Crippen LogP contribution is -2.69. The van der Waals surface area contributed by atoms with Crippen LogP contribution < -0.4 is 0 Å². The number of hydrogen-bond acceptors (Lipinski definition) is 23. The molecule has 3 fully saturated rings. The first-order valence-electron chi connectivity index (χ1n) is 37.5. The van der Waals surface area contributed by atoms with Gasteiger partial charge in [-0.05, 0) is 44.9 Å². The predicted molar refractivity (Wildman–Crippen MR) is 361 cm³/mol. The fourth-order valence-electron chi connectivity index (χ4n) is 12.4. The highest BCUT2D eigenvalue weighted by atomic mass is 31.2. The molecule has 0 aromatic carbocycles. The number of rotatable bonds is 58. The Balaban J connectivity index is 1.74. The van der Waals surface area contributed by atoms with Gasteiger partial charge in [-0.1, -0.05) is 238 Å². The summed E-state index contributed by atoms with van der Waals surface area (Å²) in [4.78, 5) is 50.9. The van der Waals surface area contributed by atoms with Gasteiger partial charge in [0.15, 0.2) is 18.7 Å². The minimum absolute atomic E-state index is 0.00937. The van der Waals surface area contributed by atoms with Crippen LogP contribution in [0.2, 0.25) is 0 Å². The Hall–Kier alpha value is -2.30. The van der Waals surface area contributed by atoms with Gasteiger partial charge in [-0.2, -0.15) is 0 Å². The molecule has 3 aliphatic rings. The number of phosphoric acid groups is 1. The van der Waals surface area contributed by atoms with Crippen molar-refractivity contribution in [3.63, 3.8) is 0 Å². The van der Waals surface area contributed by atoms with Gasteiger partial charge in [0.25, 0.3) is 0 Å². The van der Waals surface area contributed by atoms with E-state index in [-0.39, 0.29) is 19.3 Å². The van der Waals surface area contributed by atoms with Crippen molar-refractivity contribution in [2.45, 2.75) is 395 Å². The number of aliphatic hydroxyl groups excluding tert-OH is 10. The molecule has 0 amide bonds. The molecule has 0 spiro atoms. The summed E-state index contributed by atoms with van der Waals surface area (Å²) in [7, 11) is -5.69. The van der Waals surface area contributed by atoms with Gasteiger partial charge in [0.05, 0.1) is 13.2 Å². The molecule has 25 heteroatoms. The third-order valence-corrected chi connectivity index (χ3v) is 19.5. The Morgan fingerprint density at radius 2 is 0.729 bits per heavy atom. The van der Waals surface area contributed by atoms with Gasteiger partial charge < -0.3 is 89.1 Å².